The first-order valence-corrected chi connectivity index (χ1v) is 9.75. The largest absolute Gasteiger partial charge is 0.352 e. The lowest BCUT2D eigenvalue weighted by molar-refractivity contribution is -0.134. The van der Waals surface area contributed by atoms with Crippen molar-refractivity contribution < 1.29 is 9.59 Å². The molecule has 11 heteroatoms. The summed E-state index contributed by atoms with van der Waals surface area (Å²) in [5.41, 5.74) is -0.507. The van der Waals surface area contributed by atoms with E-state index < -0.39 is 11.2 Å². The Morgan fingerprint density at radius 1 is 1.10 bits per heavy atom. The number of aryl methyl sites for hydroxylation is 2. The molecule has 2 amide bonds. The molecule has 0 unspecified atom stereocenters. The van der Waals surface area contributed by atoms with Gasteiger partial charge in [-0.2, -0.15) is 0 Å². The number of amides is 2. The van der Waals surface area contributed by atoms with Crippen LogP contribution in [-0.4, -0.2) is 79.1 Å². The van der Waals surface area contributed by atoms with Crippen LogP contribution in [0.4, 0.5) is 0 Å². The van der Waals surface area contributed by atoms with Crippen LogP contribution in [0.25, 0.3) is 11.2 Å². The Bertz CT molecular complexity index is 1070. The zero-order chi connectivity index (χ0) is 20.7. The van der Waals surface area contributed by atoms with Gasteiger partial charge >= 0.3 is 5.69 Å². The molecule has 156 valence electrons. The second kappa shape index (κ2) is 7.47. The van der Waals surface area contributed by atoms with Gasteiger partial charge in [0.15, 0.2) is 11.2 Å². The maximum atomic E-state index is 12.7. The predicted octanol–water partition coefficient (Wildman–Crippen LogP) is -2.14. The number of carbonyl (C=O) groups excluding carboxylic acids is 2. The first kappa shape index (κ1) is 19.4. The van der Waals surface area contributed by atoms with Crippen molar-refractivity contribution in [3.05, 3.63) is 27.2 Å². The Morgan fingerprint density at radius 2 is 1.79 bits per heavy atom. The van der Waals surface area contributed by atoms with Gasteiger partial charge in [-0.15, -0.1) is 0 Å². The van der Waals surface area contributed by atoms with Gasteiger partial charge < -0.3 is 14.8 Å². The van der Waals surface area contributed by atoms with E-state index in [0.717, 1.165) is 17.4 Å². The fourth-order valence-electron chi connectivity index (χ4n) is 3.63. The summed E-state index contributed by atoms with van der Waals surface area (Å²) < 4.78 is 3.78. The van der Waals surface area contributed by atoms with Crippen LogP contribution in [0.5, 0.6) is 0 Å². The van der Waals surface area contributed by atoms with E-state index in [1.807, 2.05) is 4.90 Å². The van der Waals surface area contributed by atoms with Crippen LogP contribution >= 0.6 is 0 Å². The van der Waals surface area contributed by atoms with Crippen LogP contribution in [0.2, 0.25) is 0 Å². The molecule has 0 radical (unpaired) electrons. The number of rotatable bonds is 5. The first-order chi connectivity index (χ1) is 13.8. The summed E-state index contributed by atoms with van der Waals surface area (Å²) in [6.07, 6.45) is 3.57. The molecular formula is C18H25N7O4. The predicted molar refractivity (Wildman–Crippen MR) is 104 cm³/mol. The average Bonchev–Trinajstić information content (AvgIpc) is 3.42. The summed E-state index contributed by atoms with van der Waals surface area (Å²) in [6.45, 7) is 2.09. The molecule has 2 aliphatic rings. The minimum atomic E-state index is -0.565. The van der Waals surface area contributed by atoms with Crippen LogP contribution in [0.1, 0.15) is 12.8 Å². The van der Waals surface area contributed by atoms with Gasteiger partial charge in [0.2, 0.25) is 11.8 Å². The van der Waals surface area contributed by atoms with E-state index in [1.54, 1.807) is 16.5 Å². The molecule has 11 nitrogen and oxygen atoms in total. The number of nitrogens with one attached hydrogen (secondary N) is 1. The molecule has 1 aliphatic carbocycles. The van der Waals surface area contributed by atoms with Crippen molar-refractivity contribution in [1.29, 1.82) is 0 Å². The van der Waals surface area contributed by atoms with Gasteiger partial charge in [0.25, 0.3) is 5.56 Å². The highest BCUT2D eigenvalue weighted by molar-refractivity contribution is 5.79. The summed E-state index contributed by atoms with van der Waals surface area (Å²) in [6, 6.07) is 0.336. The maximum Gasteiger partial charge on any atom is 0.332 e. The van der Waals surface area contributed by atoms with Crippen molar-refractivity contribution in [3.63, 3.8) is 0 Å². The Hall–Kier alpha value is -2.95. The number of hydrogen-bond acceptors (Lipinski definition) is 6. The lowest BCUT2D eigenvalue weighted by Crippen LogP contribution is -2.53. The highest BCUT2D eigenvalue weighted by Gasteiger charge is 2.27. The molecule has 1 N–H and O–H groups in total. The Balaban J connectivity index is 1.41. The lowest BCUT2D eigenvalue weighted by atomic mass is 10.3. The zero-order valence-corrected chi connectivity index (χ0v) is 16.6. The summed E-state index contributed by atoms with van der Waals surface area (Å²) in [4.78, 5) is 57.7. The summed E-state index contributed by atoms with van der Waals surface area (Å²) >= 11 is 0. The van der Waals surface area contributed by atoms with Gasteiger partial charge in [-0.3, -0.25) is 23.9 Å². The number of aromatic nitrogens is 4. The third-order valence-electron chi connectivity index (χ3n) is 5.53. The zero-order valence-electron chi connectivity index (χ0n) is 16.6. The monoisotopic (exact) mass is 403 g/mol. The minimum absolute atomic E-state index is 0.0202. The fourth-order valence-corrected chi connectivity index (χ4v) is 3.63. The van der Waals surface area contributed by atoms with E-state index in [-0.39, 0.29) is 23.9 Å². The van der Waals surface area contributed by atoms with Gasteiger partial charge in [0, 0.05) is 46.3 Å². The fraction of sp³-hybridized carbons (Fsp3) is 0.611. The van der Waals surface area contributed by atoms with Crippen molar-refractivity contribution >= 4 is 23.0 Å². The molecule has 29 heavy (non-hydrogen) atoms. The SMILES string of the molecule is Cn1cnc2c1c(=O)n(CC(=O)N1CCN(CC(=O)NC3CC3)CC1)c(=O)n2C. The van der Waals surface area contributed by atoms with Gasteiger partial charge in [0.1, 0.15) is 6.54 Å². The highest BCUT2D eigenvalue weighted by Crippen LogP contribution is 2.18. The van der Waals surface area contributed by atoms with Crippen molar-refractivity contribution in [3.8, 4) is 0 Å². The van der Waals surface area contributed by atoms with Crippen LogP contribution in [0.3, 0.4) is 0 Å². The third-order valence-corrected chi connectivity index (χ3v) is 5.53. The van der Waals surface area contributed by atoms with E-state index in [9.17, 15) is 19.2 Å². The Morgan fingerprint density at radius 3 is 2.45 bits per heavy atom. The smallest absolute Gasteiger partial charge is 0.332 e. The quantitative estimate of drug-likeness (QED) is 0.609. The lowest BCUT2D eigenvalue weighted by Gasteiger charge is -2.34. The van der Waals surface area contributed by atoms with Gasteiger partial charge in [-0.25, -0.2) is 14.3 Å². The number of carbonyl (C=O) groups is 2. The Kier molecular flexibility index (Phi) is 4.99. The van der Waals surface area contributed by atoms with E-state index in [0.29, 0.717) is 44.4 Å². The van der Waals surface area contributed by atoms with Gasteiger partial charge in [-0.1, -0.05) is 0 Å². The number of fused-ring (bicyclic) bond motifs is 1. The Labute approximate surface area is 166 Å². The summed E-state index contributed by atoms with van der Waals surface area (Å²) in [5, 5.41) is 2.96. The molecule has 0 aromatic carbocycles. The summed E-state index contributed by atoms with van der Waals surface area (Å²) in [5.74, 6) is -0.264. The molecule has 3 heterocycles. The number of imidazole rings is 1. The molecule has 1 saturated heterocycles. The van der Waals surface area contributed by atoms with Crippen molar-refractivity contribution in [1.82, 2.24) is 33.8 Å². The molecule has 0 bridgehead atoms. The normalized spacial score (nSPS) is 17.7. The minimum Gasteiger partial charge on any atom is -0.352 e. The molecule has 2 aromatic heterocycles. The van der Waals surface area contributed by atoms with Crippen LogP contribution in [-0.2, 0) is 30.2 Å². The van der Waals surface area contributed by atoms with Crippen LogP contribution in [0, 0.1) is 0 Å². The molecule has 2 aromatic rings. The first-order valence-electron chi connectivity index (χ1n) is 9.75. The second-order valence-corrected chi connectivity index (χ2v) is 7.76. The standard InChI is InChI=1S/C18H25N7O4/c1-21-11-19-16-15(21)17(28)25(18(29)22(16)2)10-14(27)24-7-5-23(6-8-24)9-13(26)20-12-3-4-12/h11-12H,3-10H2,1-2H3,(H,20,26). The van der Waals surface area contributed by atoms with Crippen molar-refractivity contribution in [2.24, 2.45) is 14.1 Å². The molecule has 0 atom stereocenters. The summed E-state index contributed by atoms with van der Waals surface area (Å²) in [7, 11) is 3.20. The van der Waals surface area contributed by atoms with Gasteiger partial charge in [0.05, 0.1) is 12.9 Å². The third kappa shape index (κ3) is 3.82. The van der Waals surface area contributed by atoms with E-state index in [1.165, 1.54) is 17.9 Å². The number of nitrogens with zero attached hydrogens (tertiary/aromatic N) is 6. The molecular weight excluding hydrogens is 378 g/mol. The maximum absolute atomic E-state index is 12.7. The van der Waals surface area contributed by atoms with Crippen molar-refractivity contribution in [2.45, 2.75) is 25.4 Å². The van der Waals surface area contributed by atoms with E-state index >= 15 is 0 Å². The van der Waals surface area contributed by atoms with Crippen LogP contribution in [0.15, 0.2) is 15.9 Å². The van der Waals surface area contributed by atoms with Gasteiger partial charge in [-0.05, 0) is 12.8 Å². The number of piperazine rings is 1. The van der Waals surface area contributed by atoms with Crippen LogP contribution < -0.4 is 16.6 Å². The highest BCUT2D eigenvalue weighted by atomic mass is 16.2. The van der Waals surface area contributed by atoms with Crippen molar-refractivity contribution in [2.75, 3.05) is 32.7 Å². The molecule has 2 fully saturated rings. The molecule has 0 spiro atoms. The molecule has 1 aliphatic heterocycles. The number of hydrogen-bond donors (Lipinski definition) is 1. The average molecular weight is 403 g/mol. The van der Waals surface area contributed by atoms with E-state index in [4.69, 9.17) is 0 Å². The van der Waals surface area contributed by atoms with E-state index in [2.05, 4.69) is 10.3 Å². The second-order valence-electron chi connectivity index (χ2n) is 7.76. The topological polar surface area (TPSA) is 114 Å². The molecule has 1 saturated carbocycles. The molecule has 4 rings (SSSR count).